The minimum absolute atomic E-state index is 0.351. The number of methoxy groups -OCH3 is 1. The number of benzene rings is 1. The molecule has 2 aromatic rings. The zero-order valence-corrected chi connectivity index (χ0v) is 18.2. The fourth-order valence-corrected chi connectivity index (χ4v) is 2.82. The van der Waals surface area contributed by atoms with Crippen LogP contribution in [0.1, 0.15) is 57.1 Å². The van der Waals surface area contributed by atoms with Crippen molar-refractivity contribution in [2.45, 2.75) is 53.0 Å². The summed E-state index contributed by atoms with van der Waals surface area (Å²) < 4.78 is 16.3. The first-order valence-electron chi connectivity index (χ1n) is 10.3. The van der Waals surface area contributed by atoms with Crippen LogP contribution in [-0.4, -0.2) is 37.9 Å². The maximum absolute atomic E-state index is 5.65. The number of ether oxygens (including phenoxy) is 2. The molecule has 0 amide bonds. The Bertz CT molecular complexity index is 771. The van der Waals surface area contributed by atoms with Gasteiger partial charge in [-0.1, -0.05) is 25.1 Å². The summed E-state index contributed by atoms with van der Waals surface area (Å²) in [6.07, 6.45) is 1.92. The molecule has 0 aliphatic rings. The summed E-state index contributed by atoms with van der Waals surface area (Å²) in [6.45, 7) is 10.9. The Hall–Kier alpha value is -2.70. The molecule has 0 spiro atoms. The molecule has 160 valence electrons. The van der Waals surface area contributed by atoms with Gasteiger partial charge < -0.3 is 24.6 Å². The van der Waals surface area contributed by atoms with Crippen LogP contribution in [-0.2, 0) is 13.0 Å². The Morgan fingerprint density at radius 3 is 2.66 bits per heavy atom. The largest absolute Gasteiger partial charge is 0.493 e. The number of aromatic nitrogens is 1. The minimum atomic E-state index is 0.351. The fraction of sp³-hybridized carbons (Fsp3) is 0.545. The molecule has 0 bridgehead atoms. The van der Waals surface area contributed by atoms with Crippen LogP contribution in [0.3, 0.4) is 0 Å². The van der Waals surface area contributed by atoms with E-state index in [1.54, 1.807) is 7.11 Å². The van der Waals surface area contributed by atoms with E-state index in [-0.39, 0.29) is 0 Å². The van der Waals surface area contributed by atoms with Gasteiger partial charge in [-0.15, -0.1) is 0 Å². The molecule has 0 fully saturated rings. The second-order valence-corrected chi connectivity index (χ2v) is 7.02. The first-order valence-corrected chi connectivity index (χ1v) is 10.3. The van der Waals surface area contributed by atoms with E-state index in [1.807, 2.05) is 19.1 Å². The first-order chi connectivity index (χ1) is 14.1. The molecule has 0 aliphatic heterocycles. The van der Waals surface area contributed by atoms with Gasteiger partial charge in [0.25, 0.3) is 0 Å². The maximum Gasteiger partial charge on any atom is 0.191 e. The number of nitrogens with zero attached hydrogens (tertiary/aromatic N) is 2. The van der Waals surface area contributed by atoms with E-state index in [1.165, 1.54) is 5.56 Å². The normalized spacial score (nSPS) is 11.6. The molecule has 0 saturated heterocycles. The molecule has 0 atom stereocenters. The van der Waals surface area contributed by atoms with Crippen LogP contribution in [0.5, 0.6) is 11.5 Å². The van der Waals surface area contributed by atoms with E-state index in [0.717, 1.165) is 54.8 Å². The van der Waals surface area contributed by atoms with Gasteiger partial charge in [-0.25, -0.2) is 4.99 Å². The molecule has 29 heavy (non-hydrogen) atoms. The van der Waals surface area contributed by atoms with Gasteiger partial charge in [0.05, 0.1) is 19.4 Å². The average Bonchev–Trinajstić information content (AvgIpc) is 3.19. The van der Waals surface area contributed by atoms with Crippen molar-refractivity contribution in [2.75, 3.05) is 26.8 Å². The van der Waals surface area contributed by atoms with Gasteiger partial charge in [0.2, 0.25) is 0 Å². The van der Waals surface area contributed by atoms with Crippen LogP contribution in [0.15, 0.2) is 33.8 Å². The molecule has 0 unspecified atom stereocenters. The highest BCUT2D eigenvalue weighted by Gasteiger charge is 2.08. The van der Waals surface area contributed by atoms with Crippen molar-refractivity contribution in [1.29, 1.82) is 0 Å². The summed E-state index contributed by atoms with van der Waals surface area (Å²) in [4.78, 5) is 4.59. The topological polar surface area (TPSA) is 80.9 Å². The van der Waals surface area contributed by atoms with Gasteiger partial charge >= 0.3 is 0 Å². The van der Waals surface area contributed by atoms with Crippen molar-refractivity contribution in [3.8, 4) is 11.5 Å². The smallest absolute Gasteiger partial charge is 0.191 e. The summed E-state index contributed by atoms with van der Waals surface area (Å²) in [6, 6.07) is 8.06. The lowest BCUT2D eigenvalue weighted by Gasteiger charge is -2.12. The summed E-state index contributed by atoms with van der Waals surface area (Å²) in [5, 5.41) is 10.7. The van der Waals surface area contributed by atoms with Crippen molar-refractivity contribution < 1.29 is 14.0 Å². The second kappa shape index (κ2) is 12.0. The van der Waals surface area contributed by atoms with Gasteiger partial charge in [-0.2, -0.15) is 0 Å². The van der Waals surface area contributed by atoms with Crippen LogP contribution in [0, 0.1) is 0 Å². The van der Waals surface area contributed by atoms with Crippen LogP contribution in [0.4, 0.5) is 0 Å². The van der Waals surface area contributed by atoms with Crippen molar-refractivity contribution in [3.63, 3.8) is 0 Å². The summed E-state index contributed by atoms with van der Waals surface area (Å²) in [5.41, 5.74) is 2.18. The Morgan fingerprint density at radius 2 is 2.00 bits per heavy atom. The van der Waals surface area contributed by atoms with E-state index in [9.17, 15) is 0 Å². The molecular formula is C22H34N4O3. The third kappa shape index (κ3) is 7.33. The fourth-order valence-electron chi connectivity index (χ4n) is 2.82. The van der Waals surface area contributed by atoms with Crippen LogP contribution in [0.2, 0.25) is 0 Å². The predicted octanol–water partition coefficient (Wildman–Crippen LogP) is 3.89. The molecule has 7 heteroatoms. The van der Waals surface area contributed by atoms with Crippen molar-refractivity contribution in [1.82, 2.24) is 15.8 Å². The van der Waals surface area contributed by atoms with Gasteiger partial charge in [0.1, 0.15) is 6.54 Å². The molecule has 0 radical (unpaired) electrons. The SMILES string of the molecule is CCNC(=NCc1cc(C(C)C)no1)NCCCc1ccc(OC)c(OCC)c1. The summed E-state index contributed by atoms with van der Waals surface area (Å²) in [5.74, 6) is 3.46. The monoisotopic (exact) mass is 402 g/mol. The Balaban J connectivity index is 1.84. The van der Waals surface area contributed by atoms with Gasteiger partial charge in [0, 0.05) is 19.2 Å². The number of hydrogen-bond acceptors (Lipinski definition) is 5. The Labute approximate surface area is 173 Å². The van der Waals surface area contributed by atoms with Gasteiger partial charge in [0.15, 0.2) is 23.2 Å². The highest BCUT2D eigenvalue weighted by atomic mass is 16.5. The lowest BCUT2D eigenvalue weighted by Crippen LogP contribution is -2.37. The minimum Gasteiger partial charge on any atom is -0.493 e. The highest BCUT2D eigenvalue weighted by Crippen LogP contribution is 2.28. The van der Waals surface area contributed by atoms with Crippen molar-refractivity contribution >= 4 is 5.96 Å². The molecule has 7 nitrogen and oxygen atoms in total. The zero-order valence-electron chi connectivity index (χ0n) is 18.2. The average molecular weight is 403 g/mol. The lowest BCUT2D eigenvalue weighted by molar-refractivity contribution is 0.310. The van der Waals surface area contributed by atoms with Crippen LogP contribution >= 0.6 is 0 Å². The third-order valence-electron chi connectivity index (χ3n) is 4.37. The molecule has 2 rings (SSSR count). The predicted molar refractivity (Wildman–Crippen MR) is 116 cm³/mol. The summed E-state index contributed by atoms with van der Waals surface area (Å²) >= 11 is 0. The highest BCUT2D eigenvalue weighted by molar-refractivity contribution is 5.79. The van der Waals surface area contributed by atoms with Crippen molar-refractivity contribution in [3.05, 3.63) is 41.3 Å². The lowest BCUT2D eigenvalue weighted by atomic mass is 10.1. The molecule has 2 N–H and O–H groups in total. The first kappa shape index (κ1) is 22.6. The van der Waals surface area contributed by atoms with E-state index in [0.29, 0.717) is 19.1 Å². The van der Waals surface area contributed by atoms with Gasteiger partial charge in [-0.3, -0.25) is 0 Å². The van der Waals surface area contributed by atoms with Crippen LogP contribution in [0.25, 0.3) is 0 Å². The number of aryl methyl sites for hydroxylation is 1. The summed E-state index contributed by atoms with van der Waals surface area (Å²) in [7, 11) is 1.66. The standard InChI is InChI=1S/C22H34N4O3/c1-6-23-22(25-15-18-14-19(16(3)4)26-29-18)24-12-8-9-17-10-11-20(27-5)21(13-17)28-7-2/h10-11,13-14,16H,6-9,12,15H2,1-5H3,(H2,23,24,25). The number of nitrogens with one attached hydrogen (secondary N) is 2. The number of aliphatic imine (C=N–C) groups is 1. The molecule has 1 aromatic carbocycles. The number of rotatable bonds is 11. The van der Waals surface area contributed by atoms with E-state index in [2.05, 4.69) is 53.7 Å². The quantitative estimate of drug-likeness (QED) is 0.337. The third-order valence-corrected chi connectivity index (χ3v) is 4.37. The van der Waals surface area contributed by atoms with E-state index < -0.39 is 0 Å². The molecular weight excluding hydrogens is 368 g/mol. The molecule has 1 heterocycles. The van der Waals surface area contributed by atoms with E-state index >= 15 is 0 Å². The van der Waals surface area contributed by atoms with Crippen molar-refractivity contribution in [2.24, 2.45) is 4.99 Å². The zero-order chi connectivity index (χ0) is 21.1. The number of hydrogen-bond donors (Lipinski definition) is 2. The maximum atomic E-state index is 5.65. The van der Waals surface area contributed by atoms with E-state index in [4.69, 9.17) is 14.0 Å². The number of guanidine groups is 1. The molecule has 1 aromatic heterocycles. The second-order valence-electron chi connectivity index (χ2n) is 7.02. The van der Waals surface area contributed by atoms with Crippen LogP contribution < -0.4 is 20.1 Å². The Kier molecular flexibility index (Phi) is 9.34. The Morgan fingerprint density at radius 1 is 1.17 bits per heavy atom. The molecule has 0 saturated carbocycles. The van der Waals surface area contributed by atoms with Gasteiger partial charge in [-0.05, 0) is 50.3 Å². The molecule has 0 aliphatic carbocycles.